The van der Waals surface area contributed by atoms with Crippen molar-refractivity contribution in [1.29, 1.82) is 0 Å². The van der Waals surface area contributed by atoms with Crippen LogP contribution in [0.15, 0.2) is 0 Å². The van der Waals surface area contributed by atoms with Gasteiger partial charge in [0, 0.05) is 19.3 Å². The third-order valence-electron chi connectivity index (χ3n) is 12.8. The molecule has 0 heterocycles. The Morgan fingerprint density at radius 3 is 0.817 bits per heavy atom. The maximum Gasteiger partial charge on any atom is 0.306 e. The smallest absolute Gasteiger partial charge is 0.306 e. The molecule has 0 fully saturated rings. The molecular weight excluding hydrogens is 745 g/mol. The Kier molecular flexibility index (Phi) is 44.2. The van der Waals surface area contributed by atoms with Crippen LogP contribution in [0.5, 0.6) is 0 Å². The predicted molar refractivity (Wildman–Crippen MR) is 256 cm³/mol. The molecule has 6 heteroatoms. The Morgan fingerprint density at radius 1 is 0.317 bits per heavy atom. The number of ether oxygens (including phenoxy) is 3. The summed E-state index contributed by atoms with van der Waals surface area (Å²) in [6.07, 6.45) is 45.9. The fraction of sp³-hybridized carbons (Fsp3) is 0.944. The average molecular weight is 849 g/mol. The molecule has 6 nitrogen and oxygen atoms in total. The summed E-state index contributed by atoms with van der Waals surface area (Å²) in [7, 11) is 0. The number of esters is 3. The van der Waals surface area contributed by atoms with Crippen LogP contribution in [0, 0.1) is 17.8 Å². The second kappa shape index (κ2) is 45.4. The van der Waals surface area contributed by atoms with E-state index >= 15 is 0 Å². The van der Waals surface area contributed by atoms with Gasteiger partial charge in [0.05, 0.1) is 0 Å². The van der Waals surface area contributed by atoms with E-state index in [1.807, 2.05) is 0 Å². The van der Waals surface area contributed by atoms with Gasteiger partial charge in [0.2, 0.25) is 0 Å². The van der Waals surface area contributed by atoms with Crippen molar-refractivity contribution in [1.82, 2.24) is 0 Å². The zero-order chi connectivity index (χ0) is 44.2. The minimum Gasteiger partial charge on any atom is -0.462 e. The molecule has 0 aromatic carbocycles. The molecule has 0 aliphatic heterocycles. The summed E-state index contributed by atoms with van der Waals surface area (Å²) in [6, 6.07) is 0. The van der Waals surface area contributed by atoms with Crippen LogP contribution in [0.3, 0.4) is 0 Å². The van der Waals surface area contributed by atoms with Gasteiger partial charge in [0.1, 0.15) is 13.2 Å². The molecule has 0 N–H and O–H groups in total. The largest absolute Gasteiger partial charge is 0.462 e. The molecule has 0 radical (unpaired) electrons. The van der Waals surface area contributed by atoms with Crippen molar-refractivity contribution in [2.75, 3.05) is 13.2 Å². The van der Waals surface area contributed by atoms with E-state index in [1.54, 1.807) is 0 Å². The summed E-state index contributed by atoms with van der Waals surface area (Å²) in [5, 5.41) is 0. The predicted octanol–water partition coefficient (Wildman–Crippen LogP) is 17.2. The van der Waals surface area contributed by atoms with E-state index in [-0.39, 0.29) is 31.1 Å². The van der Waals surface area contributed by atoms with E-state index in [1.165, 1.54) is 193 Å². The summed E-state index contributed by atoms with van der Waals surface area (Å²) in [6.45, 7) is 13.3. The first kappa shape index (κ1) is 58.4. The first-order chi connectivity index (χ1) is 29.2. The quantitative estimate of drug-likeness (QED) is 0.0345. The number of carbonyl (C=O) groups excluding carboxylic acids is 3. The summed E-state index contributed by atoms with van der Waals surface area (Å²) in [5.74, 6) is 0.529. The van der Waals surface area contributed by atoms with Crippen molar-refractivity contribution in [3.8, 4) is 0 Å². The van der Waals surface area contributed by atoms with Crippen molar-refractivity contribution in [2.45, 2.75) is 298 Å². The summed E-state index contributed by atoms with van der Waals surface area (Å²) < 4.78 is 17.1. The number of hydrogen-bond acceptors (Lipinski definition) is 6. The Balaban J connectivity index is 4.60. The topological polar surface area (TPSA) is 78.9 Å². The fourth-order valence-electron chi connectivity index (χ4n) is 8.34. The van der Waals surface area contributed by atoms with E-state index in [0.29, 0.717) is 37.0 Å². The van der Waals surface area contributed by atoms with Crippen LogP contribution in [0.4, 0.5) is 0 Å². The normalized spacial score (nSPS) is 13.5. The third-order valence-corrected chi connectivity index (χ3v) is 12.8. The monoisotopic (exact) mass is 849 g/mol. The molecule has 0 bridgehead atoms. The van der Waals surface area contributed by atoms with E-state index in [2.05, 4.69) is 41.5 Å². The molecule has 3 unspecified atom stereocenters. The molecule has 0 spiro atoms. The van der Waals surface area contributed by atoms with Gasteiger partial charge in [-0.1, -0.05) is 253 Å². The van der Waals surface area contributed by atoms with Crippen molar-refractivity contribution < 1.29 is 28.6 Å². The lowest BCUT2D eigenvalue weighted by atomic mass is 9.97. The Hall–Kier alpha value is -1.59. The maximum atomic E-state index is 13.0. The van der Waals surface area contributed by atoms with Crippen molar-refractivity contribution in [2.24, 2.45) is 17.8 Å². The number of rotatable bonds is 47. The summed E-state index contributed by atoms with van der Waals surface area (Å²) in [4.78, 5) is 38.6. The molecule has 60 heavy (non-hydrogen) atoms. The van der Waals surface area contributed by atoms with Crippen molar-refractivity contribution in [3.63, 3.8) is 0 Å². The molecule has 0 aromatic rings. The van der Waals surface area contributed by atoms with Crippen molar-refractivity contribution >= 4 is 17.9 Å². The minimum absolute atomic E-state index is 0.0754. The highest BCUT2D eigenvalue weighted by Gasteiger charge is 2.21. The lowest BCUT2D eigenvalue weighted by Gasteiger charge is -2.19. The van der Waals surface area contributed by atoms with E-state index in [0.717, 1.165) is 38.5 Å². The molecule has 0 aliphatic rings. The average Bonchev–Trinajstić information content (AvgIpc) is 3.24. The van der Waals surface area contributed by atoms with Crippen LogP contribution in [0.1, 0.15) is 292 Å². The first-order valence-corrected chi connectivity index (χ1v) is 26.7. The van der Waals surface area contributed by atoms with E-state index in [9.17, 15) is 14.4 Å². The zero-order valence-electron chi connectivity index (χ0n) is 41.3. The highest BCUT2D eigenvalue weighted by atomic mass is 16.6. The van der Waals surface area contributed by atoms with Crippen LogP contribution >= 0.6 is 0 Å². The van der Waals surface area contributed by atoms with Crippen molar-refractivity contribution in [3.05, 3.63) is 0 Å². The standard InChI is InChI=1S/C54H104O6/c1-7-10-13-16-19-22-25-28-31-34-37-48(4)40-43-52(55)58-46-51(60-54(57)45-42-50(6)39-36-33-30-27-24-21-18-15-12-9-3)47-59-53(56)44-41-49(5)38-35-32-29-26-23-20-17-14-11-8-2/h48-51H,7-47H2,1-6H3. The molecule has 0 aliphatic carbocycles. The lowest BCUT2D eigenvalue weighted by Crippen LogP contribution is -2.31. The first-order valence-electron chi connectivity index (χ1n) is 26.7. The van der Waals surface area contributed by atoms with Gasteiger partial charge < -0.3 is 14.2 Å². The lowest BCUT2D eigenvalue weighted by molar-refractivity contribution is -0.167. The molecule has 0 amide bonds. The highest BCUT2D eigenvalue weighted by Crippen LogP contribution is 2.21. The van der Waals surface area contributed by atoms with Gasteiger partial charge in [0.25, 0.3) is 0 Å². The SMILES string of the molecule is CCCCCCCCCCCCC(C)CCC(=O)OCC(COC(=O)CCC(C)CCCCCCCCCCCC)OC(=O)CCC(C)CCCCCCCCCCCC. The molecule has 356 valence electrons. The van der Waals surface area contributed by atoms with Crippen LogP contribution in [0.25, 0.3) is 0 Å². The van der Waals surface area contributed by atoms with E-state index in [4.69, 9.17) is 14.2 Å². The van der Waals surface area contributed by atoms with Crippen LogP contribution in [-0.4, -0.2) is 37.2 Å². The van der Waals surface area contributed by atoms with E-state index < -0.39 is 6.10 Å². The van der Waals surface area contributed by atoms with Crippen LogP contribution < -0.4 is 0 Å². The molecule has 0 saturated heterocycles. The van der Waals surface area contributed by atoms with Crippen LogP contribution in [0.2, 0.25) is 0 Å². The Bertz CT molecular complexity index is 885. The number of carbonyl (C=O) groups is 3. The Labute approximate surface area is 374 Å². The van der Waals surface area contributed by atoms with Crippen LogP contribution in [-0.2, 0) is 28.6 Å². The second-order valence-corrected chi connectivity index (χ2v) is 19.3. The summed E-state index contributed by atoms with van der Waals surface area (Å²) in [5.41, 5.74) is 0. The van der Waals surface area contributed by atoms with Gasteiger partial charge in [-0.05, 0) is 37.0 Å². The molecule has 0 rings (SSSR count). The maximum absolute atomic E-state index is 13.0. The fourth-order valence-corrected chi connectivity index (χ4v) is 8.34. The molecule has 3 atom stereocenters. The highest BCUT2D eigenvalue weighted by molar-refractivity contribution is 5.71. The number of unbranched alkanes of at least 4 members (excludes halogenated alkanes) is 27. The zero-order valence-corrected chi connectivity index (χ0v) is 41.3. The molecule has 0 aromatic heterocycles. The Morgan fingerprint density at radius 2 is 0.550 bits per heavy atom. The van der Waals surface area contributed by atoms with Gasteiger partial charge >= 0.3 is 17.9 Å². The van der Waals surface area contributed by atoms with Gasteiger partial charge in [-0.2, -0.15) is 0 Å². The molecular formula is C54H104O6. The van der Waals surface area contributed by atoms with Gasteiger partial charge in [-0.25, -0.2) is 0 Å². The molecule has 0 saturated carbocycles. The second-order valence-electron chi connectivity index (χ2n) is 19.3. The minimum atomic E-state index is -0.782. The summed E-state index contributed by atoms with van der Waals surface area (Å²) >= 11 is 0. The third kappa shape index (κ3) is 43.1. The van der Waals surface area contributed by atoms with Gasteiger partial charge in [0.15, 0.2) is 6.10 Å². The van der Waals surface area contributed by atoms with Gasteiger partial charge in [-0.15, -0.1) is 0 Å². The number of hydrogen-bond donors (Lipinski definition) is 0. The van der Waals surface area contributed by atoms with Gasteiger partial charge in [-0.3, -0.25) is 14.4 Å².